The van der Waals surface area contributed by atoms with E-state index in [4.69, 9.17) is 21.1 Å². The van der Waals surface area contributed by atoms with Crippen LogP contribution in [0.5, 0.6) is 5.75 Å². The van der Waals surface area contributed by atoms with Gasteiger partial charge in [-0.2, -0.15) is 0 Å². The fraction of sp³-hybridized carbons (Fsp3) is 0.524. The molecule has 1 aliphatic carbocycles. The number of nitrogens with zero attached hydrogens (tertiary/aromatic N) is 3. The molecule has 0 spiro atoms. The smallest absolute Gasteiger partial charge is 0.434 e. The second kappa shape index (κ2) is 8.43. The lowest BCUT2D eigenvalue weighted by Crippen LogP contribution is -2.46. The average Bonchev–Trinajstić information content (AvgIpc) is 3.56. The van der Waals surface area contributed by atoms with Crippen LogP contribution in [0.4, 0.5) is 14.9 Å². The molecule has 1 aromatic heterocycles. The van der Waals surface area contributed by atoms with Crippen molar-refractivity contribution >= 4 is 34.3 Å². The van der Waals surface area contributed by atoms with E-state index >= 15 is 4.39 Å². The molecule has 0 amide bonds. The molecule has 1 saturated heterocycles. The van der Waals surface area contributed by atoms with Gasteiger partial charge in [0.05, 0.1) is 34.4 Å². The third kappa shape index (κ3) is 3.86. The van der Waals surface area contributed by atoms with Crippen LogP contribution in [-0.4, -0.2) is 55.0 Å². The molecule has 1 saturated carbocycles. The molecule has 0 N–H and O–H groups in total. The third-order valence-corrected chi connectivity index (χ3v) is 6.04. The predicted octanol–water partition coefficient (Wildman–Crippen LogP) is 3.81. The van der Waals surface area contributed by atoms with Crippen LogP contribution < -0.4 is 15.1 Å². The zero-order valence-electron chi connectivity index (χ0n) is 17.1. The van der Waals surface area contributed by atoms with Crippen molar-refractivity contribution in [3.63, 3.8) is 0 Å². The molecule has 0 radical (unpaired) electrons. The first-order valence-corrected chi connectivity index (χ1v) is 10.7. The van der Waals surface area contributed by atoms with Gasteiger partial charge in [0, 0.05) is 32.2 Å². The van der Waals surface area contributed by atoms with Crippen molar-refractivity contribution in [3.8, 4) is 5.75 Å². The summed E-state index contributed by atoms with van der Waals surface area (Å²) in [4.78, 5) is 28.9. The van der Waals surface area contributed by atoms with Crippen molar-refractivity contribution in [1.82, 2.24) is 9.47 Å². The summed E-state index contributed by atoms with van der Waals surface area (Å²) in [6.07, 6.45) is 2.35. The van der Waals surface area contributed by atoms with Crippen molar-refractivity contribution < 1.29 is 18.7 Å². The van der Waals surface area contributed by atoms with Gasteiger partial charge < -0.3 is 23.8 Å². The topological polar surface area (TPSA) is 64.0 Å². The van der Waals surface area contributed by atoms with Gasteiger partial charge in [-0.05, 0) is 32.4 Å². The van der Waals surface area contributed by atoms with Crippen LogP contribution in [0.3, 0.4) is 0 Å². The van der Waals surface area contributed by atoms with E-state index in [2.05, 4.69) is 11.8 Å². The number of benzene rings is 1. The number of rotatable bonds is 5. The molecule has 2 heterocycles. The maximum absolute atomic E-state index is 15.2. The van der Waals surface area contributed by atoms with Gasteiger partial charge in [0.1, 0.15) is 5.82 Å². The Bertz CT molecular complexity index is 1030. The van der Waals surface area contributed by atoms with Gasteiger partial charge in [0.2, 0.25) is 5.43 Å². The maximum Gasteiger partial charge on any atom is 0.514 e. The van der Waals surface area contributed by atoms with Crippen molar-refractivity contribution in [2.45, 2.75) is 32.7 Å². The van der Waals surface area contributed by atoms with E-state index in [-0.39, 0.29) is 28.8 Å². The Kier molecular flexibility index (Phi) is 5.88. The quantitative estimate of drug-likeness (QED) is 0.663. The number of piperazine rings is 1. The van der Waals surface area contributed by atoms with E-state index in [0.717, 1.165) is 32.5 Å². The number of fused-ring (bicyclic) bond motifs is 1. The molecule has 9 heteroatoms. The lowest BCUT2D eigenvalue weighted by atomic mass is 10.1. The summed E-state index contributed by atoms with van der Waals surface area (Å²) in [5.74, 6) is -0.738. The Balaban J connectivity index is 1.82. The summed E-state index contributed by atoms with van der Waals surface area (Å²) in [5, 5.41) is 0.323. The highest BCUT2D eigenvalue weighted by molar-refractivity contribution is 6.38. The zero-order chi connectivity index (χ0) is 21.4. The number of carbonyl (C=O) groups is 1. The Morgan fingerprint density at radius 3 is 2.53 bits per heavy atom. The SMILES string of the molecule is CCOC(=O)Oc1cn(C2CC2)c2c(Cl)c(N3CCN(CC)CC3)c(F)cc2c1=O. The normalized spacial score (nSPS) is 17.4. The summed E-state index contributed by atoms with van der Waals surface area (Å²) in [7, 11) is 0. The molecule has 4 rings (SSSR count). The third-order valence-electron chi connectivity index (χ3n) is 5.68. The summed E-state index contributed by atoms with van der Waals surface area (Å²) < 4.78 is 26.9. The largest absolute Gasteiger partial charge is 0.514 e. The van der Waals surface area contributed by atoms with E-state index in [0.29, 0.717) is 24.3 Å². The van der Waals surface area contributed by atoms with Crippen molar-refractivity contribution in [2.24, 2.45) is 0 Å². The van der Waals surface area contributed by atoms with Crippen LogP contribution in [0.1, 0.15) is 32.7 Å². The van der Waals surface area contributed by atoms with Gasteiger partial charge >= 0.3 is 6.16 Å². The van der Waals surface area contributed by atoms with E-state index < -0.39 is 17.4 Å². The van der Waals surface area contributed by atoms with Crippen molar-refractivity contribution in [1.29, 1.82) is 0 Å². The number of halogens is 2. The standard InChI is InChI=1S/C21H25ClFN3O4/c1-3-24-7-9-25(10-8-24)19-15(23)11-14-18(17(19)22)26(13-5-6-13)12-16(20(14)27)30-21(28)29-4-2/h11-13H,3-10H2,1-2H3. The first-order valence-electron chi connectivity index (χ1n) is 10.3. The fourth-order valence-electron chi connectivity index (χ4n) is 3.93. The number of likely N-dealkylation sites (N-methyl/N-ethyl adjacent to an activating group) is 1. The highest BCUT2D eigenvalue weighted by atomic mass is 35.5. The van der Waals surface area contributed by atoms with E-state index in [1.165, 1.54) is 12.3 Å². The number of carbonyl (C=O) groups excluding carboxylic acids is 1. The van der Waals surface area contributed by atoms with Crippen LogP contribution in [0, 0.1) is 5.82 Å². The van der Waals surface area contributed by atoms with E-state index in [1.807, 2.05) is 9.47 Å². The van der Waals surface area contributed by atoms with Gasteiger partial charge in [-0.1, -0.05) is 18.5 Å². The highest BCUT2D eigenvalue weighted by Crippen LogP contribution is 2.42. The first-order chi connectivity index (χ1) is 14.4. The molecular formula is C21H25ClFN3O4. The highest BCUT2D eigenvalue weighted by Gasteiger charge is 2.30. The van der Waals surface area contributed by atoms with Gasteiger partial charge in [-0.15, -0.1) is 0 Å². The van der Waals surface area contributed by atoms with Gasteiger partial charge in [-0.3, -0.25) is 4.79 Å². The Hall–Kier alpha value is -2.32. The molecule has 30 heavy (non-hydrogen) atoms. The number of anilines is 1. The van der Waals surface area contributed by atoms with E-state index in [1.54, 1.807) is 6.92 Å². The lowest BCUT2D eigenvalue weighted by molar-refractivity contribution is 0.104. The number of ether oxygens (including phenoxy) is 2. The molecule has 7 nitrogen and oxygen atoms in total. The van der Waals surface area contributed by atoms with Crippen LogP contribution in [0.15, 0.2) is 17.1 Å². The average molecular weight is 438 g/mol. The maximum atomic E-state index is 15.2. The van der Waals surface area contributed by atoms with Gasteiger partial charge in [0.15, 0.2) is 5.75 Å². The molecule has 1 aliphatic heterocycles. The molecule has 162 valence electrons. The van der Waals surface area contributed by atoms with E-state index in [9.17, 15) is 9.59 Å². The Labute approximate surface area is 178 Å². The lowest BCUT2D eigenvalue weighted by Gasteiger charge is -2.36. The summed E-state index contributed by atoms with van der Waals surface area (Å²) in [6.45, 7) is 7.79. The molecule has 2 fully saturated rings. The summed E-state index contributed by atoms with van der Waals surface area (Å²) in [5.41, 5.74) is 0.223. The van der Waals surface area contributed by atoms with Crippen LogP contribution in [0.25, 0.3) is 10.9 Å². The fourth-order valence-corrected chi connectivity index (χ4v) is 4.34. The van der Waals surface area contributed by atoms with Crippen molar-refractivity contribution in [2.75, 3.05) is 44.2 Å². The minimum absolute atomic E-state index is 0.0992. The van der Waals surface area contributed by atoms with Crippen LogP contribution >= 0.6 is 11.6 Å². The Morgan fingerprint density at radius 2 is 1.93 bits per heavy atom. The molecule has 0 atom stereocenters. The molecule has 0 bridgehead atoms. The van der Waals surface area contributed by atoms with Gasteiger partial charge in [0.25, 0.3) is 0 Å². The second-order valence-electron chi connectivity index (χ2n) is 7.58. The predicted molar refractivity (Wildman–Crippen MR) is 113 cm³/mol. The monoisotopic (exact) mass is 437 g/mol. The van der Waals surface area contributed by atoms with Crippen molar-refractivity contribution in [3.05, 3.63) is 33.3 Å². The van der Waals surface area contributed by atoms with Crippen LogP contribution in [-0.2, 0) is 4.74 Å². The van der Waals surface area contributed by atoms with Crippen LogP contribution in [0.2, 0.25) is 5.02 Å². The number of pyridine rings is 1. The molecule has 1 aromatic carbocycles. The zero-order valence-corrected chi connectivity index (χ0v) is 17.9. The number of aromatic nitrogens is 1. The number of hydrogen-bond acceptors (Lipinski definition) is 6. The second-order valence-corrected chi connectivity index (χ2v) is 7.96. The molecule has 2 aliphatic rings. The first kappa shape index (κ1) is 20.9. The molecule has 0 unspecified atom stereocenters. The minimum Gasteiger partial charge on any atom is -0.434 e. The van der Waals surface area contributed by atoms with Gasteiger partial charge in [-0.25, -0.2) is 9.18 Å². The minimum atomic E-state index is -0.965. The Morgan fingerprint density at radius 1 is 1.23 bits per heavy atom. The summed E-state index contributed by atoms with van der Waals surface area (Å²) in [6, 6.07) is 1.34. The number of hydrogen-bond donors (Lipinski definition) is 0. The molecular weight excluding hydrogens is 413 g/mol. The molecule has 2 aromatic rings. The summed E-state index contributed by atoms with van der Waals surface area (Å²) >= 11 is 6.72.